The molecule has 1 saturated heterocycles. The van der Waals surface area contributed by atoms with Crippen LogP contribution in [0.2, 0.25) is 0 Å². The summed E-state index contributed by atoms with van der Waals surface area (Å²) in [5.41, 5.74) is 1.41. The first kappa shape index (κ1) is 11.3. The number of hydrogen-bond acceptors (Lipinski definition) is 2. The Morgan fingerprint density at radius 2 is 2.06 bits per heavy atom. The Kier molecular flexibility index (Phi) is 3.46. The second kappa shape index (κ2) is 5.21. The van der Waals surface area contributed by atoms with Gasteiger partial charge in [0.25, 0.3) is 0 Å². The number of aromatic nitrogens is 2. The predicted octanol–water partition coefficient (Wildman–Crippen LogP) is 2.68. The molecule has 3 rings (SSSR count). The molecule has 3 heteroatoms. The van der Waals surface area contributed by atoms with E-state index in [0.29, 0.717) is 12.1 Å². The maximum atomic E-state index is 4.57. The van der Waals surface area contributed by atoms with Gasteiger partial charge in [-0.15, -0.1) is 0 Å². The first-order valence-corrected chi connectivity index (χ1v) is 7.18. The molecule has 17 heavy (non-hydrogen) atoms. The summed E-state index contributed by atoms with van der Waals surface area (Å²) in [4.78, 5) is 0. The Morgan fingerprint density at radius 1 is 1.18 bits per heavy atom. The van der Waals surface area contributed by atoms with Crippen molar-refractivity contribution >= 4 is 0 Å². The van der Waals surface area contributed by atoms with Gasteiger partial charge in [-0.3, -0.25) is 4.68 Å². The molecule has 0 amide bonds. The van der Waals surface area contributed by atoms with Gasteiger partial charge in [0.1, 0.15) is 0 Å². The zero-order valence-corrected chi connectivity index (χ0v) is 10.6. The molecule has 3 nitrogen and oxygen atoms in total. The number of nitrogens with one attached hydrogen (secondary N) is 1. The van der Waals surface area contributed by atoms with Crippen LogP contribution in [0.3, 0.4) is 0 Å². The molecule has 1 saturated carbocycles. The molecule has 2 fully saturated rings. The van der Waals surface area contributed by atoms with E-state index in [-0.39, 0.29) is 0 Å². The molecule has 0 spiro atoms. The van der Waals surface area contributed by atoms with Crippen LogP contribution >= 0.6 is 0 Å². The fraction of sp³-hybridized carbons (Fsp3) is 0.786. The molecule has 1 aromatic heterocycles. The van der Waals surface area contributed by atoms with Crippen LogP contribution in [-0.4, -0.2) is 22.4 Å². The molecule has 1 aliphatic carbocycles. The molecule has 2 heterocycles. The summed E-state index contributed by atoms with van der Waals surface area (Å²) in [7, 11) is 0. The summed E-state index contributed by atoms with van der Waals surface area (Å²) < 4.78 is 2.23. The van der Waals surface area contributed by atoms with Crippen LogP contribution in [0.4, 0.5) is 0 Å². The summed E-state index contributed by atoms with van der Waals surface area (Å²) in [6, 6.07) is 1.37. The van der Waals surface area contributed by atoms with Crippen molar-refractivity contribution in [1.82, 2.24) is 15.1 Å². The van der Waals surface area contributed by atoms with Crippen molar-refractivity contribution < 1.29 is 0 Å². The molecule has 0 bridgehead atoms. The standard InChI is InChI=1S/C14H23N3/c1-2-6-14(7-3-1)17-11-12(10-16-17)9-13-5-4-8-15-13/h10-11,13-15H,1-9H2. The van der Waals surface area contributed by atoms with Gasteiger partial charge in [0, 0.05) is 12.2 Å². The van der Waals surface area contributed by atoms with Crippen molar-refractivity contribution in [3.63, 3.8) is 0 Å². The van der Waals surface area contributed by atoms with E-state index in [1.807, 2.05) is 0 Å². The smallest absolute Gasteiger partial charge is 0.0522 e. The first-order chi connectivity index (χ1) is 8.42. The monoisotopic (exact) mass is 233 g/mol. The van der Waals surface area contributed by atoms with Gasteiger partial charge >= 0.3 is 0 Å². The minimum atomic E-state index is 0.675. The Balaban J connectivity index is 1.60. The SMILES string of the molecule is c1nn(C2CCCCC2)cc1CC1CCCN1. The Hall–Kier alpha value is -0.830. The third-order valence-corrected chi connectivity index (χ3v) is 4.25. The summed E-state index contributed by atoms with van der Waals surface area (Å²) in [5.74, 6) is 0. The van der Waals surface area contributed by atoms with Gasteiger partial charge in [0.2, 0.25) is 0 Å². The Bertz CT molecular complexity index is 346. The van der Waals surface area contributed by atoms with E-state index in [1.54, 1.807) is 0 Å². The van der Waals surface area contributed by atoms with E-state index in [2.05, 4.69) is 27.5 Å². The second-order valence-corrected chi connectivity index (χ2v) is 5.62. The fourth-order valence-electron chi connectivity index (χ4n) is 3.24. The van der Waals surface area contributed by atoms with Crippen LogP contribution in [0, 0.1) is 0 Å². The highest BCUT2D eigenvalue weighted by Crippen LogP contribution is 2.27. The largest absolute Gasteiger partial charge is 0.314 e. The van der Waals surface area contributed by atoms with Crippen molar-refractivity contribution in [2.75, 3.05) is 6.54 Å². The summed E-state index contributed by atoms with van der Waals surface area (Å²) in [5, 5.41) is 8.13. The van der Waals surface area contributed by atoms with Crippen molar-refractivity contribution in [3.05, 3.63) is 18.0 Å². The molecule has 1 atom stereocenters. The Morgan fingerprint density at radius 3 is 2.82 bits per heavy atom. The second-order valence-electron chi connectivity index (χ2n) is 5.62. The van der Waals surface area contributed by atoms with Gasteiger partial charge in [-0.05, 0) is 44.2 Å². The van der Waals surface area contributed by atoms with E-state index in [9.17, 15) is 0 Å². The highest BCUT2D eigenvalue weighted by atomic mass is 15.3. The zero-order valence-electron chi connectivity index (χ0n) is 10.6. The van der Waals surface area contributed by atoms with Crippen molar-refractivity contribution in [1.29, 1.82) is 0 Å². The minimum absolute atomic E-state index is 0.675. The summed E-state index contributed by atoms with van der Waals surface area (Å²) in [6.45, 7) is 1.20. The average molecular weight is 233 g/mol. The Labute approximate surface area is 104 Å². The third kappa shape index (κ3) is 2.71. The maximum absolute atomic E-state index is 4.57. The lowest BCUT2D eigenvalue weighted by Crippen LogP contribution is -2.23. The van der Waals surface area contributed by atoms with Crippen molar-refractivity contribution in [2.45, 2.75) is 63.5 Å². The van der Waals surface area contributed by atoms with Crippen LogP contribution in [0.5, 0.6) is 0 Å². The number of hydrogen-bond donors (Lipinski definition) is 1. The number of nitrogens with zero attached hydrogens (tertiary/aromatic N) is 2. The number of rotatable bonds is 3. The molecule has 94 valence electrons. The third-order valence-electron chi connectivity index (χ3n) is 4.25. The zero-order chi connectivity index (χ0) is 11.5. The van der Waals surface area contributed by atoms with Crippen LogP contribution in [0.15, 0.2) is 12.4 Å². The van der Waals surface area contributed by atoms with E-state index in [0.717, 1.165) is 6.42 Å². The van der Waals surface area contributed by atoms with Crippen LogP contribution in [0.25, 0.3) is 0 Å². The van der Waals surface area contributed by atoms with Gasteiger partial charge in [-0.25, -0.2) is 0 Å². The lowest BCUT2D eigenvalue weighted by molar-refractivity contribution is 0.329. The summed E-state index contributed by atoms with van der Waals surface area (Å²) >= 11 is 0. The van der Waals surface area contributed by atoms with E-state index >= 15 is 0 Å². The normalized spacial score (nSPS) is 26.5. The van der Waals surface area contributed by atoms with Crippen LogP contribution < -0.4 is 5.32 Å². The molecule has 2 aliphatic rings. The van der Waals surface area contributed by atoms with Crippen molar-refractivity contribution in [2.24, 2.45) is 0 Å². The molecule has 1 N–H and O–H groups in total. The lowest BCUT2D eigenvalue weighted by Gasteiger charge is -2.21. The van der Waals surface area contributed by atoms with E-state index in [4.69, 9.17) is 0 Å². The average Bonchev–Trinajstić information content (AvgIpc) is 3.02. The van der Waals surface area contributed by atoms with Gasteiger partial charge < -0.3 is 5.32 Å². The molecule has 1 aliphatic heterocycles. The molecular formula is C14H23N3. The minimum Gasteiger partial charge on any atom is -0.314 e. The molecule has 1 unspecified atom stereocenters. The highest BCUT2D eigenvalue weighted by Gasteiger charge is 2.18. The summed E-state index contributed by atoms with van der Waals surface area (Å²) in [6.07, 6.45) is 15.0. The lowest BCUT2D eigenvalue weighted by atomic mass is 9.96. The quantitative estimate of drug-likeness (QED) is 0.870. The van der Waals surface area contributed by atoms with E-state index < -0.39 is 0 Å². The molecule has 0 aromatic carbocycles. The molecule has 0 radical (unpaired) electrons. The van der Waals surface area contributed by atoms with Crippen LogP contribution in [0.1, 0.15) is 56.6 Å². The van der Waals surface area contributed by atoms with Gasteiger partial charge in [-0.2, -0.15) is 5.10 Å². The predicted molar refractivity (Wildman–Crippen MR) is 69.1 cm³/mol. The van der Waals surface area contributed by atoms with Crippen LogP contribution in [-0.2, 0) is 6.42 Å². The van der Waals surface area contributed by atoms with Gasteiger partial charge in [-0.1, -0.05) is 19.3 Å². The van der Waals surface area contributed by atoms with Crippen molar-refractivity contribution in [3.8, 4) is 0 Å². The fourth-order valence-corrected chi connectivity index (χ4v) is 3.24. The maximum Gasteiger partial charge on any atom is 0.0522 e. The van der Waals surface area contributed by atoms with Gasteiger partial charge in [0.05, 0.1) is 12.2 Å². The molecular weight excluding hydrogens is 210 g/mol. The topological polar surface area (TPSA) is 29.9 Å². The highest BCUT2D eigenvalue weighted by molar-refractivity contribution is 5.07. The van der Waals surface area contributed by atoms with E-state index in [1.165, 1.54) is 57.1 Å². The molecule has 1 aromatic rings. The first-order valence-electron chi connectivity index (χ1n) is 7.18. The van der Waals surface area contributed by atoms with Gasteiger partial charge in [0.15, 0.2) is 0 Å².